The van der Waals surface area contributed by atoms with E-state index in [-0.39, 0.29) is 0 Å². The summed E-state index contributed by atoms with van der Waals surface area (Å²) >= 11 is 0. The lowest BCUT2D eigenvalue weighted by molar-refractivity contribution is 0.477. The summed E-state index contributed by atoms with van der Waals surface area (Å²) in [6, 6.07) is 14.8. The van der Waals surface area contributed by atoms with Crippen LogP contribution in [0.2, 0.25) is 0 Å². The van der Waals surface area contributed by atoms with Gasteiger partial charge >= 0.3 is 0 Å². The van der Waals surface area contributed by atoms with Crippen molar-refractivity contribution in [1.29, 1.82) is 0 Å². The van der Waals surface area contributed by atoms with Gasteiger partial charge in [0.25, 0.3) is 0 Å². The number of nitrogens with one attached hydrogen (secondary N) is 1. The molecule has 0 saturated carbocycles. The summed E-state index contributed by atoms with van der Waals surface area (Å²) in [5, 5.41) is 8.72. The fourth-order valence-corrected chi connectivity index (χ4v) is 5.33. The first kappa shape index (κ1) is 19.0. The monoisotopic (exact) mass is 422 g/mol. The number of anilines is 1. The van der Waals surface area contributed by atoms with E-state index in [1.54, 1.807) is 21.0 Å². The van der Waals surface area contributed by atoms with Gasteiger partial charge in [-0.3, -0.25) is 0 Å². The van der Waals surface area contributed by atoms with E-state index in [9.17, 15) is 8.42 Å². The number of nitrogens with zero attached hydrogens (tertiary/aromatic N) is 5. The lowest BCUT2D eigenvalue weighted by atomic mass is 10.2. The van der Waals surface area contributed by atoms with Gasteiger partial charge in [0, 0.05) is 25.0 Å². The maximum absolute atomic E-state index is 12.7. The molecule has 0 radical (unpaired) electrons. The highest BCUT2D eigenvalue weighted by molar-refractivity contribution is 7.89. The van der Waals surface area contributed by atoms with E-state index >= 15 is 0 Å². The van der Waals surface area contributed by atoms with Crippen molar-refractivity contribution in [2.75, 3.05) is 18.4 Å². The first-order valence-corrected chi connectivity index (χ1v) is 11.4. The molecule has 0 unspecified atom stereocenters. The summed E-state index contributed by atoms with van der Waals surface area (Å²) in [5.41, 5.74) is 2.55. The molecule has 154 valence electrons. The summed E-state index contributed by atoms with van der Waals surface area (Å²) in [5.74, 6) is 1.27. The van der Waals surface area contributed by atoms with Gasteiger partial charge in [-0.25, -0.2) is 18.4 Å². The number of para-hydroxylation sites is 1. The third-order valence-electron chi connectivity index (χ3n) is 5.36. The SMILES string of the molecule is Cc1nc2c3ccccc3nc(NCc3ccc(S(=O)(=O)N4CCCC4)cc3)n2n1. The highest BCUT2D eigenvalue weighted by Gasteiger charge is 2.26. The maximum atomic E-state index is 12.7. The van der Waals surface area contributed by atoms with E-state index in [0.29, 0.717) is 36.3 Å². The fourth-order valence-electron chi connectivity index (χ4n) is 3.81. The summed E-state index contributed by atoms with van der Waals surface area (Å²) in [4.78, 5) is 9.56. The molecule has 0 amide bonds. The Hall–Kier alpha value is -3.04. The Bertz CT molecular complexity index is 1330. The van der Waals surface area contributed by atoms with Crippen LogP contribution in [0.15, 0.2) is 53.4 Å². The highest BCUT2D eigenvalue weighted by atomic mass is 32.2. The second kappa shape index (κ2) is 7.33. The van der Waals surface area contributed by atoms with Crippen molar-refractivity contribution in [1.82, 2.24) is 23.9 Å². The van der Waals surface area contributed by atoms with E-state index in [4.69, 9.17) is 0 Å². The van der Waals surface area contributed by atoms with Crippen LogP contribution < -0.4 is 5.32 Å². The molecule has 0 atom stereocenters. The Morgan fingerprint density at radius 1 is 1.00 bits per heavy atom. The zero-order valence-corrected chi connectivity index (χ0v) is 17.4. The van der Waals surface area contributed by atoms with E-state index in [2.05, 4.69) is 20.4 Å². The molecule has 0 spiro atoms. The van der Waals surface area contributed by atoms with Crippen LogP contribution in [0.5, 0.6) is 0 Å². The van der Waals surface area contributed by atoms with Crippen LogP contribution in [0.1, 0.15) is 24.2 Å². The van der Waals surface area contributed by atoms with Gasteiger partial charge in [0.05, 0.1) is 10.4 Å². The minimum absolute atomic E-state index is 0.339. The molecule has 1 aliphatic rings. The molecule has 2 aromatic heterocycles. The van der Waals surface area contributed by atoms with E-state index in [1.165, 1.54) is 0 Å². The number of fused-ring (bicyclic) bond motifs is 3. The number of sulfonamides is 1. The Morgan fingerprint density at radius 3 is 2.50 bits per heavy atom. The van der Waals surface area contributed by atoms with Gasteiger partial charge in [-0.2, -0.15) is 8.82 Å². The maximum Gasteiger partial charge on any atom is 0.243 e. The second-order valence-corrected chi connectivity index (χ2v) is 9.39. The highest BCUT2D eigenvalue weighted by Crippen LogP contribution is 2.23. The number of rotatable bonds is 5. The van der Waals surface area contributed by atoms with Gasteiger partial charge in [-0.15, -0.1) is 5.10 Å². The average molecular weight is 423 g/mol. The third-order valence-corrected chi connectivity index (χ3v) is 7.27. The van der Waals surface area contributed by atoms with Crippen molar-refractivity contribution in [3.05, 3.63) is 59.9 Å². The lowest BCUT2D eigenvalue weighted by Gasteiger charge is -2.15. The summed E-state index contributed by atoms with van der Waals surface area (Å²) < 4.78 is 28.6. The molecule has 1 saturated heterocycles. The number of hydrogen-bond acceptors (Lipinski definition) is 6. The van der Waals surface area contributed by atoms with Crippen LogP contribution in [-0.4, -0.2) is 45.4 Å². The van der Waals surface area contributed by atoms with Crippen molar-refractivity contribution in [3.63, 3.8) is 0 Å². The zero-order valence-electron chi connectivity index (χ0n) is 16.6. The van der Waals surface area contributed by atoms with Gasteiger partial charge in [-0.1, -0.05) is 24.3 Å². The molecule has 1 fully saturated rings. The number of hydrogen-bond donors (Lipinski definition) is 1. The fraction of sp³-hybridized carbons (Fsp3) is 0.286. The quantitative estimate of drug-likeness (QED) is 0.532. The summed E-state index contributed by atoms with van der Waals surface area (Å²) in [7, 11) is -3.39. The Morgan fingerprint density at radius 2 is 1.73 bits per heavy atom. The zero-order chi connectivity index (χ0) is 20.7. The number of benzene rings is 2. The van der Waals surface area contributed by atoms with Crippen LogP contribution in [0.3, 0.4) is 0 Å². The van der Waals surface area contributed by atoms with Gasteiger partial charge in [0.15, 0.2) is 5.65 Å². The van der Waals surface area contributed by atoms with Crippen LogP contribution in [0, 0.1) is 6.92 Å². The van der Waals surface area contributed by atoms with Crippen molar-refractivity contribution in [2.24, 2.45) is 0 Å². The minimum Gasteiger partial charge on any atom is -0.350 e. The average Bonchev–Trinajstić information content (AvgIpc) is 3.42. The van der Waals surface area contributed by atoms with Crippen LogP contribution in [-0.2, 0) is 16.6 Å². The molecule has 2 aromatic carbocycles. The predicted octanol–water partition coefficient (Wildman–Crippen LogP) is 2.98. The van der Waals surface area contributed by atoms with Gasteiger partial charge in [0.1, 0.15) is 5.82 Å². The molecule has 9 heteroatoms. The summed E-state index contributed by atoms with van der Waals surface area (Å²) in [6.07, 6.45) is 1.85. The number of aromatic nitrogens is 4. The standard InChI is InChI=1S/C21H22N6O2S/c1-15-23-20-18-6-2-3-7-19(18)24-21(27(20)25-15)22-14-16-8-10-17(11-9-16)30(28,29)26-12-4-5-13-26/h2-3,6-11H,4-5,12-14H2,1H3,(H,22,24). The molecule has 8 nitrogen and oxygen atoms in total. The summed E-state index contributed by atoms with van der Waals surface area (Å²) in [6.45, 7) is 3.55. The molecule has 1 aliphatic heterocycles. The Balaban J connectivity index is 1.40. The molecular weight excluding hydrogens is 400 g/mol. The Labute approximate surface area is 174 Å². The van der Waals surface area contributed by atoms with Crippen molar-refractivity contribution < 1.29 is 8.42 Å². The van der Waals surface area contributed by atoms with Gasteiger partial charge < -0.3 is 5.32 Å². The van der Waals surface area contributed by atoms with Crippen molar-refractivity contribution >= 4 is 32.5 Å². The largest absolute Gasteiger partial charge is 0.350 e. The molecule has 30 heavy (non-hydrogen) atoms. The van der Waals surface area contributed by atoms with Crippen LogP contribution in [0.25, 0.3) is 16.6 Å². The topological polar surface area (TPSA) is 92.5 Å². The second-order valence-electron chi connectivity index (χ2n) is 7.46. The first-order chi connectivity index (χ1) is 14.5. The van der Waals surface area contributed by atoms with Crippen molar-refractivity contribution in [2.45, 2.75) is 31.2 Å². The minimum atomic E-state index is -3.39. The molecule has 0 aliphatic carbocycles. The van der Waals surface area contributed by atoms with Crippen LogP contribution >= 0.6 is 0 Å². The van der Waals surface area contributed by atoms with Gasteiger partial charge in [-0.05, 0) is 49.6 Å². The van der Waals surface area contributed by atoms with Crippen molar-refractivity contribution in [3.8, 4) is 0 Å². The van der Waals surface area contributed by atoms with E-state index in [1.807, 2.05) is 43.3 Å². The lowest BCUT2D eigenvalue weighted by Crippen LogP contribution is -2.27. The molecular formula is C21H22N6O2S. The van der Waals surface area contributed by atoms with E-state index in [0.717, 1.165) is 35.0 Å². The predicted molar refractivity (Wildman–Crippen MR) is 115 cm³/mol. The smallest absolute Gasteiger partial charge is 0.243 e. The molecule has 0 bridgehead atoms. The van der Waals surface area contributed by atoms with Gasteiger partial charge in [0.2, 0.25) is 16.0 Å². The third kappa shape index (κ3) is 3.29. The molecule has 4 aromatic rings. The normalized spacial score (nSPS) is 15.2. The van der Waals surface area contributed by atoms with Crippen LogP contribution in [0.4, 0.5) is 5.95 Å². The molecule has 5 rings (SSSR count). The molecule has 3 heterocycles. The molecule has 1 N–H and O–H groups in total. The first-order valence-electron chi connectivity index (χ1n) is 9.97. The Kier molecular flexibility index (Phi) is 4.63. The van der Waals surface area contributed by atoms with E-state index < -0.39 is 10.0 Å². The number of aryl methyl sites for hydroxylation is 1.